The predicted molar refractivity (Wildman–Crippen MR) is 89.5 cm³/mol. The summed E-state index contributed by atoms with van der Waals surface area (Å²) < 4.78 is 28.9. The van der Waals surface area contributed by atoms with E-state index in [1.54, 1.807) is 24.3 Å². The maximum absolute atomic E-state index is 13.9. The van der Waals surface area contributed by atoms with Gasteiger partial charge in [0.2, 0.25) is 0 Å². The summed E-state index contributed by atoms with van der Waals surface area (Å²) >= 11 is 0. The highest BCUT2D eigenvalue weighted by Crippen LogP contribution is 2.23. The third kappa shape index (κ3) is 4.47. The topological polar surface area (TPSA) is 73.9 Å². The number of amides is 1. The van der Waals surface area contributed by atoms with E-state index in [-0.39, 0.29) is 11.3 Å². The van der Waals surface area contributed by atoms with Crippen LogP contribution in [-0.2, 0) is 9.53 Å². The SMILES string of the molecule is COc1ccc(C(=O)O[C@@H](C)C(=O)Nc2ccccc2OC)c(F)c1. The Morgan fingerprint density at radius 1 is 1.08 bits per heavy atom. The molecule has 2 rings (SSSR count). The minimum absolute atomic E-state index is 0.274. The Balaban J connectivity index is 2.04. The summed E-state index contributed by atoms with van der Waals surface area (Å²) in [5.74, 6) is -1.55. The van der Waals surface area contributed by atoms with Crippen molar-refractivity contribution in [3.05, 3.63) is 53.8 Å². The number of nitrogens with one attached hydrogen (secondary N) is 1. The van der Waals surface area contributed by atoms with Gasteiger partial charge in [-0.05, 0) is 31.2 Å². The van der Waals surface area contributed by atoms with E-state index in [1.807, 2.05) is 0 Å². The fourth-order valence-electron chi connectivity index (χ4n) is 2.05. The quantitative estimate of drug-likeness (QED) is 0.813. The van der Waals surface area contributed by atoms with Crippen LogP contribution in [0.2, 0.25) is 0 Å². The van der Waals surface area contributed by atoms with E-state index in [0.717, 1.165) is 6.07 Å². The highest BCUT2D eigenvalue weighted by atomic mass is 19.1. The van der Waals surface area contributed by atoms with Crippen LogP contribution in [0.5, 0.6) is 11.5 Å². The van der Waals surface area contributed by atoms with Gasteiger partial charge in [-0.2, -0.15) is 0 Å². The van der Waals surface area contributed by atoms with Crippen LogP contribution < -0.4 is 14.8 Å². The Morgan fingerprint density at radius 3 is 2.44 bits per heavy atom. The number of rotatable bonds is 6. The molecule has 2 aromatic rings. The van der Waals surface area contributed by atoms with Gasteiger partial charge >= 0.3 is 5.97 Å². The molecule has 0 spiro atoms. The lowest BCUT2D eigenvalue weighted by Crippen LogP contribution is -2.30. The van der Waals surface area contributed by atoms with Crippen LogP contribution >= 0.6 is 0 Å². The molecule has 25 heavy (non-hydrogen) atoms. The predicted octanol–water partition coefficient (Wildman–Crippen LogP) is 3.03. The van der Waals surface area contributed by atoms with Gasteiger partial charge in [-0.3, -0.25) is 4.79 Å². The molecule has 0 aliphatic rings. The summed E-state index contributed by atoms with van der Waals surface area (Å²) in [7, 11) is 2.86. The second-order valence-electron chi connectivity index (χ2n) is 5.08. The molecule has 6 nitrogen and oxygen atoms in total. The molecule has 0 aliphatic heterocycles. The number of hydrogen-bond acceptors (Lipinski definition) is 5. The molecule has 0 fully saturated rings. The van der Waals surface area contributed by atoms with Crippen molar-refractivity contribution in [3.63, 3.8) is 0 Å². The van der Waals surface area contributed by atoms with Gasteiger partial charge in [-0.15, -0.1) is 0 Å². The molecule has 7 heteroatoms. The molecule has 0 aromatic heterocycles. The van der Waals surface area contributed by atoms with E-state index in [4.69, 9.17) is 14.2 Å². The molecule has 0 unspecified atom stereocenters. The second kappa shape index (κ2) is 8.14. The van der Waals surface area contributed by atoms with Crippen molar-refractivity contribution in [3.8, 4) is 11.5 Å². The standard InChI is InChI=1S/C18H18FNO5/c1-11(17(21)20-15-6-4-5-7-16(15)24-3)25-18(22)13-9-8-12(23-2)10-14(13)19/h4-11H,1-3H3,(H,20,21)/t11-/m0/s1. The smallest absolute Gasteiger partial charge is 0.341 e. The van der Waals surface area contributed by atoms with Crippen molar-refractivity contribution in [2.75, 3.05) is 19.5 Å². The zero-order valence-corrected chi connectivity index (χ0v) is 14.0. The van der Waals surface area contributed by atoms with Gasteiger partial charge in [-0.1, -0.05) is 12.1 Å². The first kappa shape index (κ1) is 18.3. The average Bonchev–Trinajstić information content (AvgIpc) is 2.61. The first-order valence-electron chi connectivity index (χ1n) is 7.44. The third-order valence-corrected chi connectivity index (χ3v) is 3.41. The van der Waals surface area contributed by atoms with Gasteiger partial charge in [0.25, 0.3) is 5.91 Å². The number of anilines is 1. The number of methoxy groups -OCH3 is 2. The minimum atomic E-state index is -1.13. The lowest BCUT2D eigenvalue weighted by molar-refractivity contribution is -0.123. The van der Waals surface area contributed by atoms with E-state index < -0.39 is 23.8 Å². The molecule has 0 radical (unpaired) electrons. The Bertz CT molecular complexity index is 778. The normalized spacial score (nSPS) is 11.4. The Labute approximate surface area is 144 Å². The van der Waals surface area contributed by atoms with Crippen LogP contribution in [0.4, 0.5) is 10.1 Å². The molecule has 0 heterocycles. The Morgan fingerprint density at radius 2 is 1.80 bits per heavy atom. The number of ether oxygens (including phenoxy) is 3. The van der Waals surface area contributed by atoms with Crippen molar-refractivity contribution in [2.45, 2.75) is 13.0 Å². The first-order valence-corrected chi connectivity index (χ1v) is 7.44. The maximum atomic E-state index is 13.9. The third-order valence-electron chi connectivity index (χ3n) is 3.41. The van der Waals surface area contributed by atoms with E-state index in [0.29, 0.717) is 11.4 Å². The van der Waals surface area contributed by atoms with Crippen molar-refractivity contribution >= 4 is 17.6 Å². The molecule has 1 atom stereocenters. The van der Waals surface area contributed by atoms with Crippen molar-refractivity contribution in [1.82, 2.24) is 0 Å². The summed E-state index contributed by atoms with van der Waals surface area (Å²) in [6.07, 6.45) is -1.13. The van der Waals surface area contributed by atoms with E-state index in [1.165, 1.54) is 33.3 Å². The second-order valence-corrected chi connectivity index (χ2v) is 5.08. The fourth-order valence-corrected chi connectivity index (χ4v) is 2.05. The van der Waals surface area contributed by atoms with Gasteiger partial charge in [0.15, 0.2) is 6.10 Å². The number of halogens is 1. The number of esters is 1. The summed E-state index contributed by atoms with van der Waals surface area (Å²) in [5.41, 5.74) is 0.159. The molecular formula is C18H18FNO5. The molecule has 132 valence electrons. The largest absolute Gasteiger partial charge is 0.497 e. The van der Waals surface area contributed by atoms with Crippen molar-refractivity contribution in [2.24, 2.45) is 0 Å². The lowest BCUT2D eigenvalue weighted by Gasteiger charge is -2.15. The number of para-hydroxylation sites is 2. The van der Waals surface area contributed by atoms with E-state index >= 15 is 0 Å². The van der Waals surface area contributed by atoms with Gasteiger partial charge in [0, 0.05) is 6.07 Å². The molecule has 2 aromatic carbocycles. The Hall–Kier alpha value is -3.09. The zero-order valence-electron chi connectivity index (χ0n) is 14.0. The molecule has 0 bridgehead atoms. The first-order chi connectivity index (χ1) is 12.0. The van der Waals surface area contributed by atoms with Gasteiger partial charge in [0.05, 0.1) is 25.5 Å². The minimum Gasteiger partial charge on any atom is -0.497 e. The summed E-state index contributed by atoms with van der Waals surface area (Å²) in [4.78, 5) is 24.2. The molecule has 0 aliphatic carbocycles. The van der Waals surface area contributed by atoms with Gasteiger partial charge < -0.3 is 19.5 Å². The zero-order chi connectivity index (χ0) is 18.4. The number of carbonyl (C=O) groups excluding carboxylic acids is 2. The number of carbonyl (C=O) groups is 2. The van der Waals surface area contributed by atoms with Crippen molar-refractivity contribution in [1.29, 1.82) is 0 Å². The van der Waals surface area contributed by atoms with Gasteiger partial charge in [-0.25, -0.2) is 9.18 Å². The number of hydrogen-bond donors (Lipinski definition) is 1. The van der Waals surface area contributed by atoms with Crippen molar-refractivity contribution < 1.29 is 28.2 Å². The van der Waals surface area contributed by atoms with Crippen LogP contribution in [0, 0.1) is 5.82 Å². The van der Waals surface area contributed by atoms with E-state index in [9.17, 15) is 14.0 Å². The summed E-state index contributed by atoms with van der Waals surface area (Å²) in [6.45, 7) is 1.39. The lowest BCUT2D eigenvalue weighted by atomic mass is 10.2. The molecule has 0 saturated carbocycles. The highest BCUT2D eigenvalue weighted by Gasteiger charge is 2.22. The molecule has 1 amide bonds. The molecular weight excluding hydrogens is 329 g/mol. The monoisotopic (exact) mass is 347 g/mol. The van der Waals surface area contributed by atoms with Crippen LogP contribution in [0.25, 0.3) is 0 Å². The summed E-state index contributed by atoms with van der Waals surface area (Å²) in [6, 6.07) is 10.5. The molecule has 0 saturated heterocycles. The van der Waals surface area contributed by atoms with Crippen LogP contribution in [-0.4, -0.2) is 32.2 Å². The van der Waals surface area contributed by atoms with E-state index in [2.05, 4.69) is 5.32 Å². The van der Waals surface area contributed by atoms with Crippen LogP contribution in [0.15, 0.2) is 42.5 Å². The fraction of sp³-hybridized carbons (Fsp3) is 0.222. The number of benzene rings is 2. The van der Waals surface area contributed by atoms with Crippen LogP contribution in [0.3, 0.4) is 0 Å². The van der Waals surface area contributed by atoms with Crippen LogP contribution in [0.1, 0.15) is 17.3 Å². The molecule has 1 N–H and O–H groups in total. The van der Waals surface area contributed by atoms with Gasteiger partial charge in [0.1, 0.15) is 17.3 Å². The highest BCUT2D eigenvalue weighted by molar-refractivity contribution is 5.98. The Kier molecular flexibility index (Phi) is 5.94. The summed E-state index contributed by atoms with van der Waals surface area (Å²) in [5, 5.41) is 2.60. The maximum Gasteiger partial charge on any atom is 0.341 e. The average molecular weight is 347 g/mol.